The van der Waals surface area contributed by atoms with Gasteiger partial charge in [-0.25, -0.2) is 0 Å². The summed E-state index contributed by atoms with van der Waals surface area (Å²) >= 11 is 0. The van der Waals surface area contributed by atoms with Gasteiger partial charge >= 0.3 is 0 Å². The van der Waals surface area contributed by atoms with E-state index in [4.69, 9.17) is 9.47 Å². The number of hydrogen-bond donors (Lipinski definition) is 2. The number of aromatic nitrogens is 1. The van der Waals surface area contributed by atoms with E-state index in [-0.39, 0.29) is 38.0 Å². The summed E-state index contributed by atoms with van der Waals surface area (Å²) in [5.74, 6) is 0.968. The van der Waals surface area contributed by atoms with Crippen molar-refractivity contribution in [2.24, 2.45) is 0 Å². The Labute approximate surface area is 154 Å². The van der Waals surface area contributed by atoms with E-state index in [1.807, 2.05) is 6.07 Å². The number of rotatable bonds is 5. The molecular weight excluding hydrogens is 348 g/mol. The van der Waals surface area contributed by atoms with E-state index in [1.165, 1.54) is 4.90 Å². The summed E-state index contributed by atoms with van der Waals surface area (Å²) in [5, 5.41) is 10.1. The van der Waals surface area contributed by atoms with Crippen LogP contribution in [0.2, 0.25) is 0 Å². The standard InChI is InChI=1S/C20H18N2O5/c23-7-6-22(20(25)13-4-2-1-3-5-13)11-15-8-14-9-17-18(27-12-26-17)10-16(14)21-19(15)24/h1-5,8-10,23H,6-7,11-12H2,(H,21,24). The molecule has 1 aliphatic rings. The number of aromatic amines is 1. The van der Waals surface area contributed by atoms with E-state index in [0.717, 1.165) is 5.39 Å². The number of nitrogens with zero attached hydrogens (tertiary/aromatic N) is 1. The molecular formula is C20H18N2O5. The van der Waals surface area contributed by atoms with E-state index in [0.29, 0.717) is 28.1 Å². The second kappa shape index (κ2) is 7.13. The molecule has 0 aliphatic carbocycles. The highest BCUT2D eigenvalue weighted by molar-refractivity contribution is 5.94. The van der Waals surface area contributed by atoms with Crippen molar-refractivity contribution in [3.8, 4) is 11.5 Å². The molecule has 2 N–H and O–H groups in total. The van der Waals surface area contributed by atoms with Crippen molar-refractivity contribution in [3.63, 3.8) is 0 Å². The smallest absolute Gasteiger partial charge is 0.254 e. The summed E-state index contributed by atoms with van der Waals surface area (Å²) in [6, 6.07) is 14.0. The van der Waals surface area contributed by atoms with E-state index in [1.54, 1.807) is 42.5 Å². The number of H-pyrrole nitrogens is 1. The predicted molar refractivity (Wildman–Crippen MR) is 99.0 cm³/mol. The van der Waals surface area contributed by atoms with Crippen LogP contribution in [0.5, 0.6) is 11.5 Å². The maximum absolute atomic E-state index is 12.7. The highest BCUT2D eigenvalue weighted by Gasteiger charge is 2.19. The minimum absolute atomic E-state index is 0.0913. The van der Waals surface area contributed by atoms with Crippen LogP contribution in [0, 0.1) is 0 Å². The normalized spacial score (nSPS) is 12.3. The molecule has 7 heteroatoms. The molecule has 0 spiro atoms. The summed E-state index contributed by atoms with van der Waals surface area (Å²) in [7, 11) is 0. The lowest BCUT2D eigenvalue weighted by atomic mass is 10.1. The minimum Gasteiger partial charge on any atom is -0.454 e. The third kappa shape index (κ3) is 3.37. The molecule has 0 saturated heterocycles. The average Bonchev–Trinajstić information content (AvgIpc) is 3.14. The number of carbonyl (C=O) groups is 1. The van der Waals surface area contributed by atoms with Crippen LogP contribution in [0.3, 0.4) is 0 Å². The van der Waals surface area contributed by atoms with Gasteiger partial charge in [-0.2, -0.15) is 0 Å². The third-order valence-corrected chi connectivity index (χ3v) is 4.45. The van der Waals surface area contributed by atoms with Gasteiger partial charge in [0.05, 0.1) is 18.7 Å². The van der Waals surface area contributed by atoms with Crippen molar-refractivity contribution in [3.05, 3.63) is 70.0 Å². The molecule has 3 aromatic rings. The first-order valence-electron chi connectivity index (χ1n) is 8.56. The third-order valence-electron chi connectivity index (χ3n) is 4.45. The lowest BCUT2D eigenvalue weighted by molar-refractivity contribution is 0.0707. The molecule has 1 amide bonds. The van der Waals surface area contributed by atoms with Gasteiger partial charge in [0.2, 0.25) is 6.79 Å². The van der Waals surface area contributed by atoms with Crippen LogP contribution in [-0.2, 0) is 6.54 Å². The highest BCUT2D eigenvalue weighted by atomic mass is 16.7. The monoisotopic (exact) mass is 366 g/mol. The fourth-order valence-electron chi connectivity index (χ4n) is 3.10. The molecule has 0 unspecified atom stereocenters. The van der Waals surface area contributed by atoms with E-state index in [2.05, 4.69) is 4.98 Å². The maximum atomic E-state index is 12.7. The van der Waals surface area contributed by atoms with E-state index in [9.17, 15) is 14.7 Å². The average molecular weight is 366 g/mol. The second-order valence-electron chi connectivity index (χ2n) is 6.23. The lowest BCUT2D eigenvalue weighted by Gasteiger charge is -2.21. The van der Waals surface area contributed by atoms with Gasteiger partial charge in [-0.3, -0.25) is 9.59 Å². The summed E-state index contributed by atoms with van der Waals surface area (Å²) in [5.41, 5.74) is 1.28. The number of fused-ring (bicyclic) bond motifs is 2. The first-order chi connectivity index (χ1) is 13.2. The van der Waals surface area contributed by atoms with Crippen molar-refractivity contribution in [1.82, 2.24) is 9.88 Å². The maximum Gasteiger partial charge on any atom is 0.254 e. The molecule has 7 nitrogen and oxygen atoms in total. The molecule has 0 radical (unpaired) electrons. The molecule has 2 aromatic carbocycles. The van der Waals surface area contributed by atoms with Crippen LogP contribution in [0.15, 0.2) is 53.3 Å². The Hall–Kier alpha value is -3.32. The molecule has 1 aromatic heterocycles. The van der Waals surface area contributed by atoms with Crippen LogP contribution in [0.25, 0.3) is 10.9 Å². The van der Waals surface area contributed by atoms with Crippen molar-refractivity contribution in [2.45, 2.75) is 6.54 Å². The number of benzene rings is 2. The minimum atomic E-state index is -0.287. The van der Waals surface area contributed by atoms with Gasteiger partial charge < -0.3 is 24.5 Å². The van der Waals surface area contributed by atoms with Crippen LogP contribution in [-0.4, -0.2) is 40.8 Å². The molecule has 0 fully saturated rings. The quantitative estimate of drug-likeness (QED) is 0.719. The molecule has 2 heterocycles. The first kappa shape index (κ1) is 17.1. The Morgan fingerprint density at radius 2 is 1.85 bits per heavy atom. The number of hydrogen-bond acceptors (Lipinski definition) is 5. The Kier molecular flexibility index (Phi) is 4.52. The van der Waals surface area contributed by atoms with Gasteiger partial charge in [0.1, 0.15) is 0 Å². The number of aliphatic hydroxyl groups is 1. The number of pyridine rings is 1. The van der Waals surface area contributed by atoms with Crippen molar-refractivity contribution in [2.75, 3.05) is 19.9 Å². The number of ether oxygens (including phenoxy) is 2. The SMILES string of the molecule is O=C(c1ccccc1)N(CCO)Cc1cc2cc3c(cc2[nH]c1=O)OCO3. The molecule has 138 valence electrons. The summed E-state index contributed by atoms with van der Waals surface area (Å²) < 4.78 is 10.7. The van der Waals surface area contributed by atoms with Crippen LogP contribution in [0.4, 0.5) is 0 Å². The molecule has 0 atom stereocenters. The zero-order valence-electron chi connectivity index (χ0n) is 14.5. The predicted octanol–water partition coefficient (Wildman–Crippen LogP) is 1.89. The van der Waals surface area contributed by atoms with Gasteiger partial charge in [0.15, 0.2) is 11.5 Å². The molecule has 27 heavy (non-hydrogen) atoms. The Morgan fingerprint density at radius 3 is 2.59 bits per heavy atom. The zero-order chi connectivity index (χ0) is 18.8. The Morgan fingerprint density at radius 1 is 1.11 bits per heavy atom. The van der Waals surface area contributed by atoms with Crippen LogP contribution in [0.1, 0.15) is 15.9 Å². The topological polar surface area (TPSA) is 91.9 Å². The van der Waals surface area contributed by atoms with Gasteiger partial charge in [0.25, 0.3) is 11.5 Å². The van der Waals surface area contributed by atoms with E-state index >= 15 is 0 Å². The lowest BCUT2D eigenvalue weighted by Crippen LogP contribution is -2.35. The summed E-state index contributed by atoms with van der Waals surface area (Å²) in [6.45, 7) is 0.182. The highest BCUT2D eigenvalue weighted by Crippen LogP contribution is 2.35. The van der Waals surface area contributed by atoms with Crippen molar-refractivity contribution >= 4 is 16.8 Å². The van der Waals surface area contributed by atoms with Crippen molar-refractivity contribution < 1.29 is 19.4 Å². The fraction of sp³-hybridized carbons (Fsp3) is 0.200. The largest absolute Gasteiger partial charge is 0.454 e. The summed E-state index contributed by atoms with van der Waals surface area (Å²) in [6.07, 6.45) is 0. The molecule has 1 aliphatic heterocycles. The Balaban J connectivity index is 1.67. The molecule has 4 rings (SSSR count). The Bertz CT molecular complexity index is 1050. The van der Waals surface area contributed by atoms with Gasteiger partial charge in [-0.05, 0) is 24.3 Å². The van der Waals surface area contributed by atoms with Crippen LogP contribution >= 0.6 is 0 Å². The van der Waals surface area contributed by atoms with E-state index < -0.39 is 0 Å². The summed E-state index contributed by atoms with van der Waals surface area (Å²) in [4.78, 5) is 29.5. The molecule has 0 bridgehead atoms. The van der Waals surface area contributed by atoms with Gasteiger partial charge in [-0.1, -0.05) is 18.2 Å². The number of carbonyl (C=O) groups excluding carboxylic acids is 1. The number of nitrogens with one attached hydrogen (secondary N) is 1. The molecule has 0 saturated carbocycles. The zero-order valence-corrected chi connectivity index (χ0v) is 14.5. The van der Waals surface area contributed by atoms with Gasteiger partial charge in [-0.15, -0.1) is 0 Å². The second-order valence-corrected chi connectivity index (χ2v) is 6.23. The number of aliphatic hydroxyl groups excluding tert-OH is 1. The number of amides is 1. The van der Waals surface area contributed by atoms with Crippen molar-refractivity contribution in [1.29, 1.82) is 0 Å². The first-order valence-corrected chi connectivity index (χ1v) is 8.56. The fourth-order valence-corrected chi connectivity index (χ4v) is 3.10. The van der Waals surface area contributed by atoms with Crippen LogP contribution < -0.4 is 15.0 Å². The van der Waals surface area contributed by atoms with Gasteiger partial charge in [0, 0.05) is 29.1 Å².